The van der Waals surface area contributed by atoms with Gasteiger partial charge in [0.05, 0.1) is 11.0 Å². The van der Waals surface area contributed by atoms with Gasteiger partial charge in [-0.25, -0.2) is 0 Å². The van der Waals surface area contributed by atoms with E-state index in [0.29, 0.717) is 24.1 Å². The van der Waals surface area contributed by atoms with Crippen LogP contribution < -0.4 is 5.32 Å². The molecule has 4 nitrogen and oxygen atoms in total. The number of benzene rings is 1. The second-order valence-corrected chi connectivity index (χ2v) is 4.65. The van der Waals surface area contributed by atoms with Crippen LogP contribution in [0.4, 0.5) is 0 Å². The SMILES string of the molecule is CCN(C)C(=O)CNCc1ccc(O)c(Br)c1. The highest BCUT2D eigenvalue weighted by Crippen LogP contribution is 2.23. The Balaban J connectivity index is 2.41. The number of nitrogens with zero attached hydrogens (tertiary/aromatic N) is 1. The molecule has 0 aliphatic carbocycles. The highest BCUT2D eigenvalue weighted by atomic mass is 79.9. The number of amides is 1. The predicted molar refractivity (Wildman–Crippen MR) is 70.8 cm³/mol. The number of phenols is 1. The number of likely N-dealkylation sites (N-methyl/N-ethyl adjacent to an activating group) is 1. The van der Waals surface area contributed by atoms with Gasteiger partial charge >= 0.3 is 0 Å². The van der Waals surface area contributed by atoms with Crippen molar-refractivity contribution in [1.29, 1.82) is 0 Å². The van der Waals surface area contributed by atoms with Crippen molar-refractivity contribution in [3.8, 4) is 5.75 Å². The average Bonchev–Trinajstić information content (AvgIpc) is 2.32. The van der Waals surface area contributed by atoms with Crippen molar-refractivity contribution < 1.29 is 9.90 Å². The van der Waals surface area contributed by atoms with Crippen molar-refractivity contribution in [3.63, 3.8) is 0 Å². The van der Waals surface area contributed by atoms with E-state index in [1.165, 1.54) is 0 Å². The van der Waals surface area contributed by atoms with Crippen LogP contribution in [0.1, 0.15) is 12.5 Å². The maximum absolute atomic E-state index is 11.5. The first kappa shape index (κ1) is 14.0. The van der Waals surface area contributed by atoms with Crippen LogP contribution >= 0.6 is 15.9 Å². The third-order valence-corrected chi connectivity index (χ3v) is 3.15. The van der Waals surface area contributed by atoms with Crippen molar-refractivity contribution in [2.75, 3.05) is 20.1 Å². The smallest absolute Gasteiger partial charge is 0.236 e. The van der Waals surface area contributed by atoms with Crippen LogP contribution in [0.5, 0.6) is 5.75 Å². The fourth-order valence-electron chi connectivity index (χ4n) is 1.29. The van der Waals surface area contributed by atoms with E-state index < -0.39 is 0 Å². The molecule has 0 aromatic heterocycles. The van der Waals surface area contributed by atoms with Gasteiger partial charge in [-0.15, -0.1) is 0 Å². The van der Waals surface area contributed by atoms with Crippen molar-refractivity contribution in [3.05, 3.63) is 28.2 Å². The van der Waals surface area contributed by atoms with Crippen LogP contribution in [-0.2, 0) is 11.3 Å². The van der Waals surface area contributed by atoms with Gasteiger partial charge in [0.1, 0.15) is 5.75 Å². The molecule has 0 atom stereocenters. The van der Waals surface area contributed by atoms with Gasteiger partial charge in [0.2, 0.25) is 5.91 Å². The topological polar surface area (TPSA) is 52.6 Å². The second kappa shape index (κ2) is 6.61. The molecule has 2 N–H and O–H groups in total. The van der Waals surface area contributed by atoms with Gasteiger partial charge in [0, 0.05) is 20.1 Å². The molecule has 0 aliphatic rings. The Hall–Kier alpha value is -1.07. The molecular weight excluding hydrogens is 284 g/mol. The molecule has 1 aromatic rings. The number of aromatic hydroxyl groups is 1. The predicted octanol–water partition coefficient (Wildman–Crippen LogP) is 1.72. The van der Waals surface area contributed by atoms with Gasteiger partial charge in [-0.3, -0.25) is 4.79 Å². The summed E-state index contributed by atoms with van der Waals surface area (Å²) in [7, 11) is 1.78. The summed E-state index contributed by atoms with van der Waals surface area (Å²) in [5.74, 6) is 0.292. The van der Waals surface area contributed by atoms with Crippen LogP contribution in [0, 0.1) is 0 Å². The number of carbonyl (C=O) groups is 1. The molecule has 0 radical (unpaired) electrons. The van der Waals surface area contributed by atoms with Crippen LogP contribution in [-0.4, -0.2) is 36.1 Å². The maximum Gasteiger partial charge on any atom is 0.236 e. The number of halogens is 1. The van der Waals surface area contributed by atoms with Gasteiger partial charge in [-0.2, -0.15) is 0 Å². The maximum atomic E-state index is 11.5. The van der Waals surface area contributed by atoms with Crippen LogP contribution in [0.15, 0.2) is 22.7 Å². The Morgan fingerprint density at radius 1 is 1.53 bits per heavy atom. The number of carbonyl (C=O) groups excluding carboxylic acids is 1. The summed E-state index contributed by atoms with van der Waals surface area (Å²) in [6.07, 6.45) is 0. The lowest BCUT2D eigenvalue weighted by Gasteiger charge is -2.14. The molecule has 0 unspecified atom stereocenters. The molecule has 0 fully saturated rings. The Morgan fingerprint density at radius 3 is 2.82 bits per heavy atom. The summed E-state index contributed by atoms with van der Waals surface area (Å²) in [6, 6.07) is 5.28. The van der Waals surface area contributed by atoms with E-state index in [2.05, 4.69) is 21.2 Å². The summed E-state index contributed by atoms with van der Waals surface area (Å²) in [5.41, 5.74) is 1.02. The zero-order valence-corrected chi connectivity index (χ0v) is 11.6. The van der Waals surface area contributed by atoms with Gasteiger partial charge in [0.15, 0.2) is 0 Å². The Kier molecular flexibility index (Phi) is 5.44. The molecule has 5 heteroatoms. The van der Waals surface area contributed by atoms with Gasteiger partial charge < -0.3 is 15.3 Å². The normalized spacial score (nSPS) is 10.3. The van der Waals surface area contributed by atoms with E-state index in [9.17, 15) is 9.90 Å². The average molecular weight is 301 g/mol. The fraction of sp³-hybridized carbons (Fsp3) is 0.417. The standard InChI is InChI=1S/C12H17BrN2O2/c1-3-15(2)12(17)8-14-7-9-4-5-11(16)10(13)6-9/h4-6,14,16H,3,7-8H2,1-2H3. The molecular formula is C12H17BrN2O2. The monoisotopic (exact) mass is 300 g/mol. The van der Waals surface area contributed by atoms with Gasteiger partial charge in [0.25, 0.3) is 0 Å². The lowest BCUT2D eigenvalue weighted by atomic mass is 10.2. The molecule has 0 spiro atoms. The number of rotatable bonds is 5. The first-order valence-electron chi connectivity index (χ1n) is 5.46. The summed E-state index contributed by atoms with van der Waals surface area (Å²) < 4.78 is 0.661. The highest BCUT2D eigenvalue weighted by molar-refractivity contribution is 9.10. The minimum Gasteiger partial charge on any atom is -0.507 e. The second-order valence-electron chi connectivity index (χ2n) is 3.80. The van der Waals surface area contributed by atoms with Gasteiger partial charge in [-0.05, 0) is 40.5 Å². The summed E-state index contributed by atoms with van der Waals surface area (Å²) in [5, 5.41) is 12.4. The van der Waals surface area contributed by atoms with Crippen molar-refractivity contribution in [2.45, 2.75) is 13.5 Å². The largest absolute Gasteiger partial charge is 0.507 e. The quantitative estimate of drug-likeness (QED) is 0.871. The van der Waals surface area contributed by atoms with E-state index in [1.807, 2.05) is 19.1 Å². The fourth-order valence-corrected chi connectivity index (χ4v) is 1.71. The lowest BCUT2D eigenvalue weighted by Crippen LogP contribution is -2.35. The van der Waals surface area contributed by atoms with Crippen molar-refractivity contribution in [1.82, 2.24) is 10.2 Å². The third-order valence-electron chi connectivity index (χ3n) is 2.52. The molecule has 1 amide bonds. The number of phenolic OH excluding ortho intramolecular Hbond substituents is 1. The molecule has 94 valence electrons. The number of hydrogen-bond acceptors (Lipinski definition) is 3. The van der Waals surface area contributed by atoms with E-state index >= 15 is 0 Å². The van der Waals surface area contributed by atoms with Crippen LogP contribution in [0.3, 0.4) is 0 Å². The zero-order chi connectivity index (χ0) is 12.8. The van der Waals surface area contributed by atoms with E-state index in [0.717, 1.165) is 5.56 Å². The first-order valence-corrected chi connectivity index (χ1v) is 6.26. The highest BCUT2D eigenvalue weighted by Gasteiger charge is 2.05. The zero-order valence-electron chi connectivity index (χ0n) is 10.0. The number of nitrogens with one attached hydrogen (secondary N) is 1. The van der Waals surface area contributed by atoms with Crippen molar-refractivity contribution >= 4 is 21.8 Å². The molecule has 1 rings (SSSR count). The minimum absolute atomic E-state index is 0.0744. The molecule has 17 heavy (non-hydrogen) atoms. The Bertz CT molecular complexity index is 396. The molecule has 1 aromatic carbocycles. The van der Waals surface area contributed by atoms with E-state index in [4.69, 9.17) is 0 Å². The molecule has 0 heterocycles. The Morgan fingerprint density at radius 2 is 2.24 bits per heavy atom. The first-order chi connectivity index (χ1) is 8.04. The van der Waals surface area contributed by atoms with Gasteiger partial charge in [-0.1, -0.05) is 6.07 Å². The lowest BCUT2D eigenvalue weighted by molar-refractivity contribution is -0.128. The van der Waals surface area contributed by atoms with Crippen LogP contribution in [0.2, 0.25) is 0 Å². The van der Waals surface area contributed by atoms with E-state index in [-0.39, 0.29) is 11.7 Å². The third kappa shape index (κ3) is 4.36. The van der Waals surface area contributed by atoms with E-state index in [1.54, 1.807) is 18.0 Å². The molecule has 0 saturated heterocycles. The Labute approximate surface area is 110 Å². The van der Waals surface area contributed by atoms with Crippen molar-refractivity contribution in [2.24, 2.45) is 0 Å². The molecule has 0 bridgehead atoms. The minimum atomic E-state index is 0.0744. The summed E-state index contributed by atoms with van der Waals surface area (Å²) in [4.78, 5) is 13.2. The summed E-state index contributed by atoms with van der Waals surface area (Å²) >= 11 is 3.25. The number of hydrogen-bond donors (Lipinski definition) is 2. The molecule has 0 saturated carbocycles. The van der Waals surface area contributed by atoms with Crippen LogP contribution in [0.25, 0.3) is 0 Å². The molecule has 0 aliphatic heterocycles. The summed E-state index contributed by atoms with van der Waals surface area (Å²) in [6.45, 7) is 3.57.